The number of hydrogen-bond donors (Lipinski definition) is 1. The summed E-state index contributed by atoms with van der Waals surface area (Å²) in [5.74, 6) is -1.27. The number of hydrogen-bond acceptors (Lipinski definition) is 7. The van der Waals surface area contributed by atoms with Crippen LogP contribution in [0.1, 0.15) is 12.6 Å². The summed E-state index contributed by atoms with van der Waals surface area (Å²) in [6, 6.07) is 16.4. The predicted octanol–water partition coefficient (Wildman–Crippen LogP) is 3.29. The van der Waals surface area contributed by atoms with Crippen LogP contribution in [0.25, 0.3) is 16.8 Å². The zero-order valence-corrected chi connectivity index (χ0v) is 19.1. The lowest BCUT2D eigenvalue weighted by atomic mass is 10.3. The van der Waals surface area contributed by atoms with E-state index >= 15 is 0 Å². The lowest BCUT2D eigenvalue weighted by Crippen LogP contribution is -2.32. The van der Waals surface area contributed by atoms with E-state index in [2.05, 4.69) is 10.3 Å². The number of para-hydroxylation sites is 3. The number of fused-ring (bicyclic) bond motifs is 1. The molecule has 1 N–H and O–H groups in total. The molecule has 4 rings (SSSR count). The Balaban J connectivity index is 1.38. The van der Waals surface area contributed by atoms with Crippen LogP contribution in [-0.4, -0.2) is 38.1 Å². The van der Waals surface area contributed by atoms with Gasteiger partial charge in [-0.2, -0.15) is 0 Å². The zero-order chi connectivity index (χ0) is 23.5. The number of thioether (sulfide) groups is 1. The summed E-state index contributed by atoms with van der Waals surface area (Å²) in [4.78, 5) is 42.0. The number of oxazole rings is 1. The van der Waals surface area contributed by atoms with Crippen molar-refractivity contribution < 1.29 is 18.7 Å². The molecule has 0 bridgehead atoms. The van der Waals surface area contributed by atoms with E-state index in [1.54, 1.807) is 36.9 Å². The molecule has 1 atom stereocenters. The standard InChI is InChI=1S/C23H22N4O5S/c1-14-20(22(30)27(26(14)3)16-9-5-4-6-10-16)25-21(29)15(2)31-19(28)13-33-23-24-17-11-7-8-12-18(17)32-23/h4-12,15H,13H2,1-3H3,(H,25,29)/t15-/m1/s1. The van der Waals surface area contributed by atoms with Crippen LogP contribution in [0.5, 0.6) is 0 Å². The monoisotopic (exact) mass is 466 g/mol. The van der Waals surface area contributed by atoms with Crippen molar-refractivity contribution in [2.24, 2.45) is 7.05 Å². The van der Waals surface area contributed by atoms with E-state index in [0.29, 0.717) is 27.7 Å². The van der Waals surface area contributed by atoms with Gasteiger partial charge in [0.05, 0.1) is 11.4 Å². The van der Waals surface area contributed by atoms with Gasteiger partial charge in [-0.05, 0) is 38.1 Å². The van der Waals surface area contributed by atoms with Crippen LogP contribution < -0.4 is 10.9 Å². The minimum Gasteiger partial charge on any atom is -0.452 e. The first-order chi connectivity index (χ1) is 15.8. The Morgan fingerprint density at radius 3 is 2.58 bits per heavy atom. The van der Waals surface area contributed by atoms with Gasteiger partial charge in [-0.15, -0.1) is 0 Å². The maximum absolute atomic E-state index is 12.9. The van der Waals surface area contributed by atoms with Gasteiger partial charge in [0.25, 0.3) is 16.7 Å². The molecule has 170 valence electrons. The lowest BCUT2D eigenvalue weighted by Gasteiger charge is -2.12. The molecule has 0 radical (unpaired) electrons. The van der Waals surface area contributed by atoms with Crippen molar-refractivity contribution in [2.75, 3.05) is 11.1 Å². The molecule has 2 aromatic carbocycles. The van der Waals surface area contributed by atoms with E-state index in [-0.39, 0.29) is 17.0 Å². The Kier molecular flexibility index (Phi) is 6.36. The largest absolute Gasteiger partial charge is 0.452 e. The zero-order valence-electron chi connectivity index (χ0n) is 18.3. The minimum atomic E-state index is -1.09. The van der Waals surface area contributed by atoms with E-state index < -0.39 is 18.0 Å². The Morgan fingerprint density at radius 1 is 1.15 bits per heavy atom. The van der Waals surface area contributed by atoms with Crippen LogP contribution in [0.15, 0.2) is 69.0 Å². The minimum absolute atomic E-state index is 0.0738. The number of benzene rings is 2. The van der Waals surface area contributed by atoms with Crippen LogP contribution in [-0.2, 0) is 21.4 Å². The highest BCUT2D eigenvalue weighted by Crippen LogP contribution is 2.23. The number of ether oxygens (including phenoxy) is 1. The van der Waals surface area contributed by atoms with E-state index in [4.69, 9.17) is 9.15 Å². The molecule has 0 saturated carbocycles. The molecule has 10 heteroatoms. The van der Waals surface area contributed by atoms with Gasteiger partial charge in [-0.3, -0.25) is 19.1 Å². The predicted molar refractivity (Wildman–Crippen MR) is 125 cm³/mol. The Hall–Kier alpha value is -3.79. The second kappa shape index (κ2) is 9.37. The number of esters is 1. The van der Waals surface area contributed by atoms with Crippen molar-refractivity contribution in [2.45, 2.75) is 25.2 Å². The molecular formula is C23H22N4O5S. The molecule has 0 aliphatic rings. The molecule has 0 aliphatic carbocycles. The van der Waals surface area contributed by atoms with Crippen LogP contribution >= 0.6 is 11.8 Å². The lowest BCUT2D eigenvalue weighted by molar-refractivity contribution is -0.150. The highest BCUT2D eigenvalue weighted by Gasteiger charge is 2.23. The maximum Gasteiger partial charge on any atom is 0.317 e. The molecule has 0 saturated heterocycles. The third kappa shape index (κ3) is 4.70. The van der Waals surface area contributed by atoms with Gasteiger partial charge in [0.2, 0.25) is 0 Å². The summed E-state index contributed by atoms with van der Waals surface area (Å²) in [6.07, 6.45) is -1.09. The number of rotatable bonds is 7. The fourth-order valence-electron chi connectivity index (χ4n) is 3.26. The van der Waals surface area contributed by atoms with Crippen molar-refractivity contribution in [3.05, 3.63) is 70.6 Å². The Labute approximate surface area is 193 Å². The first-order valence-electron chi connectivity index (χ1n) is 10.2. The molecule has 0 fully saturated rings. The highest BCUT2D eigenvalue weighted by molar-refractivity contribution is 7.99. The van der Waals surface area contributed by atoms with Crippen LogP contribution in [0.3, 0.4) is 0 Å². The summed E-state index contributed by atoms with van der Waals surface area (Å²) in [5, 5.41) is 2.94. The normalized spacial score (nSPS) is 12.0. The number of nitrogens with one attached hydrogen (secondary N) is 1. The number of amides is 1. The summed E-state index contributed by atoms with van der Waals surface area (Å²) in [7, 11) is 1.73. The quantitative estimate of drug-likeness (QED) is 0.329. The second-order valence-electron chi connectivity index (χ2n) is 7.29. The third-order valence-corrected chi connectivity index (χ3v) is 5.87. The molecule has 4 aromatic rings. The van der Waals surface area contributed by atoms with Gasteiger partial charge in [-0.1, -0.05) is 42.1 Å². The van der Waals surface area contributed by atoms with Crippen molar-refractivity contribution in [1.82, 2.24) is 14.3 Å². The van der Waals surface area contributed by atoms with Gasteiger partial charge >= 0.3 is 5.97 Å². The van der Waals surface area contributed by atoms with Gasteiger partial charge < -0.3 is 14.5 Å². The number of nitrogens with zero attached hydrogens (tertiary/aromatic N) is 3. The van der Waals surface area contributed by atoms with E-state index in [1.807, 2.05) is 36.4 Å². The molecule has 1 amide bonds. The molecule has 0 unspecified atom stereocenters. The fraction of sp³-hybridized carbons (Fsp3) is 0.217. The number of carbonyl (C=O) groups excluding carboxylic acids is 2. The van der Waals surface area contributed by atoms with Gasteiger partial charge in [0.15, 0.2) is 11.7 Å². The van der Waals surface area contributed by atoms with Crippen molar-refractivity contribution >= 4 is 40.4 Å². The van der Waals surface area contributed by atoms with Gasteiger partial charge in [0, 0.05) is 7.05 Å². The summed E-state index contributed by atoms with van der Waals surface area (Å²) < 4.78 is 13.9. The smallest absolute Gasteiger partial charge is 0.317 e. The summed E-state index contributed by atoms with van der Waals surface area (Å²) >= 11 is 1.08. The summed E-state index contributed by atoms with van der Waals surface area (Å²) in [6.45, 7) is 3.18. The Bertz CT molecular complexity index is 1340. The van der Waals surface area contributed by atoms with Crippen LogP contribution in [0.2, 0.25) is 0 Å². The van der Waals surface area contributed by atoms with E-state index in [9.17, 15) is 14.4 Å². The van der Waals surface area contributed by atoms with Crippen LogP contribution in [0, 0.1) is 6.92 Å². The first-order valence-corrected chi connectivity index (χ1v) is 11.2. The maximum atomic E-state index is 12.9. The van der Waals surface area contributed by atoms with Gasteiger partial charge in [0.1, 0.15) is 17.0 Å². The number of anilines is 1. The second-order valence-corrected chi connectivity index (χ2v) is 8.22. The van der Waals surface area contributed by atoms with Crippen LogP contribution in [0.4, 0.5) is 5.69 Å². The SMILES string of the molecule is Cc1c(NC(=O)[C@@H](C)OC(=O)CSc2nc3ccccc3o2)c(=O)n(-c2ccccc2)n1C. The Morgan fingerprint density at radius 2 is 1.85 bits per heavy atom. The topological polar surface area (TPSA) is 108 Å². The molecule has 2 heterocycles. The molecular weight excluding hydrogens is 444 g/mol. The van der Waals surface area contributed by atoms with E-state index in [1.165, 1.54) is 11.6 Å². The number of carbonyl (C=O) groups is 2. The molecule has 2 aromatic heterocycles. The number of aromatic nitrogens is 3. The fourth-order valence-corrected chi connectivity index (χ4v) is 3.88. The average Bonchev–Trinajstić information content (AvgIpc) is 3.32. The van der Waals surface area contributed by atoms with Gasteiger partial charge in [-0.25, -0.2) is 9.67 Å². The molecule has 33 heavy (non-hydrogen) atoms. The third-order valence-electron chi connectivity index (χ3n) is 5.07. The molecule has 0 spiro atoms. The molecule has 9 nitrogen and oxygen atoms in total. The average molecular weight is 467 g/mol. The highest BCUT2D eigenvalue weighted by atomic mass is 32.2. The van der Waals surface area contributed by atoms with Crippen molar-refractivity contribution in [3.8, 4) is 5.69 Å². The summed E-state index contributed by atoms with van der Waals surface area (Å²) in [5.41, 5.74) is 2.32. The van der Waals surface area contributed by atoms with E-state index in [0.717, 1.165) is 11.8 Å². The van der Waals surface area contributed by atoms with Crippen molar-refractivity contribution in [1.29, 1.82) is 0 Å². The first kappa shape index (κ1) is 22.4. The van der Waals surface area contributed by atoms with Crippen molar-refractivity contribution in [3.63, 3.8) is 0 Å². The molecule has 0 aliphatic heterocycles.